The molecule has 0 aromatic carbocycles. The van der Waals surface area contributed by atoms with Crippen molar-refractivity contribution < 1.29 is 14.4 Å². The van der Waals surface area contributed by atoms with Crippen LogP contribution in [0.2, 0.25) is 0 Å². The monoisotopic (exact) mass is 253 g/mol. The molecule has 4 heteroatoms. The lowest BCUT2D eigenvalue weighted by Gasteiger charge is -2.33. The van der Waals surface area contributed by atoms with Crippen molar-refractivity contribution in [1.29, 1.82) is 0 Å². The van der Waals surface area contributed by atoms with Crippen LogP contribution < -0.4 is 4.90 Å². The number of piperazine rings is 1. The normalized spacial score (nSPS) is 25.2. The van der Waals surface area contributed by atoms with Gasteiger partial charge in [-0.1, -0.05) is 12.2 Å². The van der Waals surface area contributed by atoms with Crippen molar-refractivity contribution in [3.8, 4) is 0 Å². The fraction of sp³-hybridized carbons (Fsp3) is 0.786. The Bertz CT molecular complexity index is 296. The Morgan fingerprint density at radius 3 is 2.78 bits per heavy atom. The summed E-state index contributed by atoms with van der Waals surface area (Å²) < 4.78 is 5.04. The minimum absolute atomic E-state index is 0.142. The van der Waals surface area contributed by atoms with Gasteiger partial charge < -0.3 is 9.64 Å². The maximum atomic E-state index is 11.6. The zero-order valence-corrected chi connectivity index (χ0v) is 11.4. The molecule has 1 fully saturated rings. The Kier molecular flexibility index (Phi) is 5.05. The standard InChI is InChI=1S/C14H24N2O2/c1-2-18-14(17)16-10-8-15(9-11-16)12-13-6-4-3-5-7-13/h3-4,13H,2,5-12H2,1H3/p+1/t13-/m0/s1. The van der Waals surface area contributed by atoms with E-state index in [0.717, 1.165) is 32.1 Å². The van der Waals surface area contributed by atoms with Crippen LogP contribution in [-0.4, -0.2) is 50.3 Å². The molecule has 2 aliphatic rings. The molecule has 1 N–H and O–H groups in total. The van der Waals surface area contributed by atoms with Crippen molar-refractivity contribution in [3.05, 3.63) is 12.2 Å². The summed E-state index contributed by atoms with van der Waals surface area (Å²) in [6.45, 7) is 7.42. The lowest BCUT2D eigenvalue weighted by Crippen LogP contribution is -3.15. The van der Waals surface area contributed by atoms with E-state index in [4.69, 9.17) is 4.74 Å². The predicted octanol–water partition coefficient (Wildman–Crippen LogP) is 0.700. The molecule has 0 bridgehead atoms. The third-order valence-electron chi connectivity index (χ3n) is 3.95. The molecule has 1 atom stereocenters. The maximum absolute atomic E-state index is 11.6. The molecule has 0 aromatic rings. The van der Waals surface area contributed by atoms with Crippen molar-refractivity contribution >= 4 is 6.09 Å². The molecule has 1 amide bonds. The average Bonchev–Trinajstić information content (AvgIpc) is 2.41. The topological polar surface area (TPSA) is 34.0 Å². The lowest BCUT2D eigenvalue weighted by molar-refractivity contribution is -0.907. The number of ether oxygens (including phenoxy) is 1. The molecule has 0 saturated carbocycles. The lowest BCUT2D eigenvalue weighted by atomic mass is 9.94. The third-order valence-corrected chi connectivity index (χ3v) is 3.95. The molecule has 0 unspecified atom stereocenters. The van der Waals surface area contributed by atoms with E-state index in [1.54, 1.807) is 4.90 Å². The molecule has 1 aliphatic carbocycles. The molecular weight excluding hydrogens is 228 g/mol. The fourth-order valence-electron chi connectivity index (χ4n) is 2.87. The Balaban J connectivity index is 1.69. The van der Waals surface area contributed by atoms with Gasteiger partial charge in [0.15, 0.2) is 0 Å². The second-order valence-electron chi connectivity index (χ2n) is 5.29. The zero-order chi connectivity index (χ0) is 12.8. The van der Waals surface area contributed by atoms with E-state index < -0.39 is 0 Å². The third kappa shape index (κ3) is 3.73. The van der Waals surface area contributed by atoms with Gasteiger partial charge in [0.2, 0.25) is 0 Å². The number of amides is 1. The van der Waals surface area contributed by atoms with Gasteiger partial charge in [-0.15, -0.1) is 0 Å². The first-order chi connectivity index (χ1) is 8.79. The quantitative estimate of drug-likeness (QED) is 0.751. The van der Waals surface area contributed by atoms with Gasteiger partial charge >= 0.3 is 6.09 Å². The predicted molar refractivity (Wildman–Crippen MR) is 70.6 cm³/mol. The Labute approximate surface area is 110 Å². The Morgan fingerprint density at radius 2 is 2.17 bits per heavy atom. The fourth-order valence-corrected chi connectivity index (χ4v) is 2.87. The molecule has 1 saturated heterocycles. The summed E-state index contributed by atoms with van der Waals surface area (Å²) in [5.41, 5.74) is 0. The highest BCUT2D eigenvalue weighted by molar-refractivity contribution is 5.67. The molecule has 18 heavy (non-hydrogen) atoms. The summed E-state index contributed by atoms with van der Waals surface area (Å²) in [4.78, 5) is 15.1. The highest BCUT2D eigenvalue weighted by Crippen LogP contribution is 2.16. The van der Waals surface area contributed by atoms with E-state index in [9.17, 15) is 4.79 Å². The maximum Gasteiger partial charge on any atom is 0.410 e. The molecule has 2 rings (SSSR count). The van der Waals surface area contributed by atoms with E-state index in [2.05, 4.69) is 12.2 Å². The number of allylic oxidation sites excluding steroid dienone is 2. The van der Waals surface area contributed by atoms with Crippen LogP contribution in [-0.2, 0) is 4.74 Å². The van der Waals surface area contributed by atoms with Crippen molar-refractivity contribution in [2.45, 2.75) is 26.2 Å². The van der Waals surface area contributed by atoms with Gasteiger partial charge in [-0.05, 0) is 26.2 Å². The van der Waals surface area contributed by atoms with Crippen LogP contribution in [0.5, 0.6) is 0 Å². The number of nitrogens with zero attached hydrogens (tertiary/aromatic N) is 1. The highest BCUT2D eigenvalue weighted by atomic mass is 16.6. The van der Waals surface area contributed by atoms with Crippen molar-refractivity contribution in [1.82, 2.24) is 4.90 Å². The van der Waals surface area contributed by atoms with Crippen LogP contribution in [0.15, 0.2) is 12.2 Å². The highest BCUT2D eigenvalue weighted by Gasteiger charge is 2.26. The largest absolute Gasteiger partial charge is 0.450 e. The molecule has 0 spiro atoms. The summed E-state index contributed by atoms with van der Waals surface area (Å²) in [5.74, 6) is 0.846. The van der Waals surface area contributed by atoms with E-state index in [1.165, 1.54) is 25.8 Å². The van der Waals surface area contributed by atoms with E-state index in [0.29, 0.717) is 6.61 Å². The van der Waals surface area contributed by atoms with Crippen LogP contribution in [0.4, 0.5) is 4.79 Å². The number of rotatable bonds is 3. The van der Waals surface area contributed by atoms with Gasteiger partial charge in [0.25, 0.3) is 0 Å². The van der Waals surface area contributed by atoms with E-state index >= 15 is 0 Å². The summed E-state index contributed by atoms with van der Waals surface area (Å²) in [7, 11) is 0. The SMILES string of the molecule is CCOC(=O)N1CC[NH+](C[C@H]2CC=CCC2)CC1. The summed E-state index contributed by atoms with van der Waals surface area (Å²) >= 11 is 0. The van der Waals surface area contributed by atoms with Crippen LogP contribution in [0.3, 0.4) is 0 Å². The average molecular weight is 253 g/mol. The molecule has 0 aromatic heterocycles. The summed E-state index contributed by atoms with van der Waals surface area (Å²) in [5, 5.41) is 0. The van der Waals surface area contributed by atoms with Crippen molar-refractivity contribution in [2.75, 3.05) is 39.3 Å². The number of carbonyl (C=O) groups is 1. The number of carbonyl (C=O) groups excluding carboxylic acids is 1. The Morgan fingerprint density at radius 1 is 1.39 bits per heavy atom. The van der Waals surface area contributed by atoms with Crippen LogP contribution in [0.25, 0.3) is 0 Å². The molecule has 1 aliphatic heterocycles. The van der Waals surface area contributed by atoms with Gasteiger partial charge in [-0.25, -0.2) is 4.79 Å². The van der Waals surface area contributed by atoms with Crippen LogP contribution in [0.1, 0.15) is 26.2 Å². The first-order valence-corrected chi connectivity index (χ1v) is 7.20. The van der Waals surface area contributed by atoms with Crippen LogP contribution in [0, 0.1) is 5.92 Å². The van der Waals surface area contributed by atoms with Gasteiger partial charge in [-0.2, -0.15) is 0 Å². The number of hydrogen-bond acceptors (Lipinski definition) is 2. The smallest absolute Gasteiger partial charge is 0.410 e. The van der Waals surface area contributed by atoms with Crippen LogP contribution >= 0.6 is 0 Å². The summed E-state index contributed by atoms with van der Waals surface area (Å²) in [6, 6.07) is 0. The van der Waals surface area contributed by atoms with Crippen molar-refractivity contribution in [3.63, 3.8) is 0 Å². The van der Waals surface area contributed by atoms with Gasteiger partial charge in [0.1, 0.15) is 0 Å². The molecule has 0 radical (unpaired) electrons. The number of hydrogen-bond donors (Lipinski definition) is 1. The zero-order valence-electron chi connectivity index (χ0n) is 11.4. The van der Waals surface area contributed by atoms with E-state index in [1.807, 2.05) is 11.8 Å². The molecule has 102 valence electrons. The first kappa shape index (κ1) is 13.4. The number of quaternary nitrogens is 1. The van der Waals surface area contributed by atoms with Gasteiger partial charge in [-0.3, -0.25) is 4.90 Å². The molecule has 1 heterocycles. The summed E-state index contributed by atoms with van der Waals surface area (Å²) in [6.07, 6.45) is 8.30. The second kappa shape index (κ2) is 6.78. The van der Waals surface area contributed by atoms with Gasteiger partial charge in [0.05, 0.1) is 39.3 Å². The first-order valence-electron chi connectivity index (χ1n) is 7.20. The Hall–Kier alpha value is -1.03. The van der Waals surface area contributed by atoms with Crippen molar-refractivity contribution in [2.24, 2.45) is 5.92 Å². The number of nitrogens with one attached hydrogen (secondary N) is 1. The second-order valence-corrected chi connectivity index (χ2v) is 5.29. The van der Waals surface area contributed by atoms with Gasteiger partial charge in [0, 0.05) is 5.92 Å². The molecular formula is C14H25N2O2+. The minimum atomic E-state index is -0.142. The molecule has 4 nitrogen and oxygen atoms in total. The minimum Gasteiger partial charge on any atom is -0.450 e. The van der Waals surface area contributed by atoms with E-state index in [-0.39, 0.29) is 6.09 Å².